The van der Waals surface area contributed by atoms with E-state index in [2.05, 4.69) is 18.4 Å². The summed E-state index contributed by atoms with van der Waals surface area (Å²) in [5.74, 6) is 6.68. The molecule has 0 amide bonds. The van der Waals surface area contributed by atoms with E-state index in [0.29, 0.717) is 6.10 Å². The number of nitrogens with two attached hydrogens (primary N) is 1. The Morgan fingerprint density at radius 1 is 1.40 bits per heavy atom. The Kier molecular flexibility index (Phi) is 6.30. The molecule has 0 saturated carbocycles. The van der Waals surface area contributed by atoms with E-state index in [1.807, 2.05) is 18.2 Å². The van der Waals surface area contributed by atoms with E-state index >= 15 is 0 Å². The lowest BCUT2D eigenvalue weighted by molar-refractivity contribution is 0.00487. The summed E-state index contributed by atoms with van der Waals surface area (Å²) in [7, 11) is 0. The Morgan fingerprint density at radius 3 is 2.95 bits per heavy atom. The second kappa shape index (κ2) is 8.25. The fourth-order valence-electron chi connectivity index (χ4n) is 2.65. The predicted molar refractivity (Wildman–Crippen MR) is 80.5 cm³/mol. The van der Waals surface area contributed by atoms with E-state index in [1.54, 1.807) is 0 Å². The maximum atomic E-state index is 5.82. The number of hydrogen-bond acceptors (Lipinski definition) is 4. The Labute approximate surface area is 121 Å². The van der Waals surface area contributed by atoms with Crippen molar-refractivity contribution >= 4 is 0 Å². The van der Waals surface area contributed by atoms with Crippen LogP contribution in [0.2, 0.25) is 0 Å². The van der Waals surface area contributed by atoms with Gasteiger partial charge in [0.15, 0.2) is 0 Å². The molecule has 4 nitrogen and oxygen atoms in total. The molecule has 1 aliphatic rings. The number of para-hydroxylation sites is 1. The Balaban J connectivity index is 2.05. The SMILES string of the molecule is CCCOc1ccccc1C(CC1CCCCO1)NN. The van der Waals surface area contributed by atoms with Crippen LogP contribution in [0.4, 0.5) is 0 Å². The summed E-state index contributed by atoms with van der Waals surface area (Å²) < 4.78 is 11.6. The molecule has 1 heterocycles. The van der Waals surface area contributed by atoms with Crippen LogP contribution in [0.5, 0.6) is 5.75 Å². The van der Waals surface area contributed by atoms with E-state index in [9.17, 15) is 0 Å². The molecule has 3 N–H and O–H groups in total. The minimum atomic E-state index is 0.0751. The van der Waals surface area contributed by atoms with Crippen molar-refractivity contribution in [3.63, 3.8) is 0 Å². The molecule has 1 aliphatic heterocycles. The average molecular weight is 278 g/mol. The van der Waals surface area contributed by atoms with E-state index in [4.69, 9.17) is 15.3 Å². The third-order valence-electron chi connectivity index (χ3n) is 3.73. The van der Waals surface area contributed by atoms with Crippen LogP contribution in [0, 0.1) is 0 Å². The monoisotopic (exact) mass is 278 g/mol. The highest BCUT2D eigenvalue weighted by molar-refractivity contribution is 5.36. The van der Waals surface area contributed by atoms with Gasteiger partial charge in [0.05, 0.1) is 18.8 Å². The largest absolute Gasteiger partial charge is 0.493 e. The number of rotatable bonds is 7. The van der Waals surface area contributed by atoms with Crippen LogP contribution in [0.3, 0.4) is 0 Å². The van der Waals surface area contributed by atoms with Gasteiger partial charge in [0.2, 0.25) is 0 Å². The van der Waals surface area contributed by atoms with Gasteiger partial charge in [-0.25, -0.2) is 0 Å². The number of benzene rings is 1. The summed E-state index contributed by atoms with van der Waals surface area (Å²) in [6.07, 6.45) is 5.73. The van der Waals surface area contributed by atoms with Crippen molar-refractivity contribution < 1.29 is 9.47 Å². The molecule has 112 valence electrons. The van der Waals surface area contributed by atoms with Gasteiger partial charge >= 0.3 is 0 Å². The zero-order valence-corrected chi connectivity index (χ0v) is 12.3. The first-order chi connectivity index (χ1) is 9.85. The molecule has 1 aromatic carbocycles. The zero-order chi connectivity index (χ0) is 14.2. The first-order valence-corrected chi connectivity index (χ1v) is 7.64. The average Bonchev–Trinajstić information content (AvgIpc) is 2.52. The quantitative estimate of drug-likeness (QED) is 0.595. The minimum Gasteiger partial charge on any atom is -0.493 e. The van der Waals surface area contributed by atoms with Crippen molar-refractivity contribution in [2.45, 2.75) is 51.2 Å². The zero-order valence-electron chi connectivity index (χ0n) is 12.3. The third-order valence-corrected chi connectivity index (χ3v) is 3.73. The number of nitrogens with one attached hydrogen (secondary N) is 1. The van der Waals surface area contributed by atoms with Gasteiger partial charge in [0.25, 0.3) is 0 Å². The van der Waals surface area contributed by atoms with Gasteiger partial charge in [-0.3, -0.25) is 11.3 Å². The lowest BCUT2D eigenvalue weighted by atomic mass is 9.96. The first kappa shape index (κ1) is 15.3. The molecular formula is C16H26N2O2. The Hall–Kier alpha value is -1.10. The van der Waals surface area contributed by atoms with Crippen molar-refractivity contribution in [3.05, 3.63) is 29.8 Å². The highest BCUT2D eigenvalue weighted by atomic mass is 16.5. The summed E-state index contributed by atoms with van der Waals surface area (Å²) in [5, 5.41) is 0. The number of ether oxygens (including phenoxy) is 2. The molecule has 1 fully saturated rings. The van der Waals surface area contributed by atoms with Crippen molar-refractivity contribution in [2.24, 2.45) is 5.84 Å². The maximum Gasteiger partial charge on any atom is 0.124 e. The summed E-state index contributed by atoms with van der Waals surface area (Å²) in [5.41, 5.74) is 4.05. The summed E-state index contributed by atoms with van der Waals surface area (Å²) in [6, 6.07) is 8.19. The van der Waals surface area contributed by atoms with Crippen LogP contribution in [-0.2, 0) is 4.74 Å². The van der Waals surface area contributed by atoms with Crippen LogP contribution in [0.15, 0.2) is 24.3 Å². The maximum absolute atomic E-state index is 5.82. The first-order valence-electron chi connectivity index (χ1n) is 7.64. The normalized spacial score (nSPS) is 20.6. The van der Waals surface area contributed by atoms with Crippen LogP contribution >= 0.6 is 0 Å². The van der Waals surface area contributed by atoms with E-state index in [-0.39, 0.29) is 6.04 Å². The molecule has 0 aromatic heterocycles. The lowest BCUT2D eigenvalue weighted by Crippen LogP contribution is -2.33. The standard InChI is InChI=1S/C16H26N2O2/c1-2-10-20-16-9-4-3-8-14(16)15(18-17)12-13-7-5-6-11-19-13/h3-4,8-9,13,15,18H,2,5-7,10-12,17H2,1H3. The van der Waals surface area contributed by atoms with Gasteiger partial charge < -0.3 is 9.47 Å². The van der Waals surface area contributed by atoms with Gasteiger partial charge in [-0.1, -0.05) is 25.1 Å². The van der Waals surface area contributed by atoms with Crippen molar-refractivity contribution in [1.29, 1.82) is 0 Å². The highest BCUT2D eigenvalue weighted by Gasteiger charge is 2.22. The minimum absolute atomic E-state index is 0.0751. The van der Waals surface area contributed by atoms with Crippen LogP contribution in [0.1, 0.15) is 50.6 Å². The molecule has 0 bridgehead atoms. The smallest absolute Gasteiger partial charge is 0.124 e. The predicted octanol–water partition coefficient (Wildman–Crippen LogP) is 2.94. The van der Waals surface area contributed by atoms with Gasteiger partial charge in [-0.15, -0.1) is 0 Å². The number of hydrogen-bond donors (Lipinski definition) is 2. The number of hydrazine groups is 1. The van der Waals surface area contributed by atoms with E-state index < -0.39 is 0 Å². The summed E-state index contributed by atoms with van der Waals surface area (Å²) in [6.45, 7) is 3.71. The van der Waals surface area contributed by atoms with Crippen LogP contribution < -0.4 is 16.0 Å². The van der Waals surface area contributed by atoms with Crippen LogP contribution in [-0.4, -0.2) is 19.3 Å². The Morgan fingerprint density at radius 2 is 2.25 bits per heavy atom. The Bertz CT molecular complexity index is 392. The highest BCUT2D eigenvalue weighted by Crippen LogP contribution is 2.30. The molecule has 1 saturated heterocycles. The van der Waals surface area contributed by atoms with Gasteiger partial charge in [-0.05, 0) is 38.2 Å². The second-order valence-electron chi connectivity index (χ2n) is 5.33. The fraction of sp³-hybridized carbons (Fsp3) is 0.625. The van der Waals surface area contributed by atoms with Gasteiger partial charge in [0, 0.05) is 12.2 Å². The molecular weight excluding hydrogens is 252 g/mol. The summed E-state index contributed by atoms with van der Waals surface area (Å²) >= 11 is 0. The van der Waals surface area contributed by atoms with Crippen molar-refractivity contribution in [1.82, 2.24) is 5.43 Å². The molecule has 2 atom stereocenters. The molecule has 2 rings (SSSR count). The van der Waals surface area contributed by atoms with Gasteiger partial charge in [0.1, 0.15) is 5.75 Å². The van der Waals surface area contributed by atoms with E-state index in [1.165, 1.54) is 12.8 Å². The molecule has 2 unspecified atom stereocenters. The molecule has 0 spiro atoms. The topological polar surface area (TPSA) is 56.5 Å². The second-order valence-corrected chi connectivity index (χ2v) is 5.33. The fourth-order valence-corrected chi connectivity index (χ4v) is 2.65. The van der Waals surface area contributed by atoms with Crippen LogP contribution in [0.25, 0.3) is 0 Å². The van der Waals surface area contributed by atoms with Gasteiger partial charge in [-0.2, -0.15) is 0 Å². The molecule has 0 aliphatic carbocycles. The molecule has 4 heteroatoms. The van der Waals surface area contributed by atoms with Crippen molar-refractivity contribution in [2.75, 3.05) is 13.2 Å². The molecule has 20 heavy (non-hydrogen) atoms. The molecule has 0 radical (unpaired) electrons. The van der Waals surface area contributed by atoms with E-state index in [0.717, 1.165) is 43.8 Å². The third kappa shape index (κ3) is 4.20. The molecule has 1 aromatic rings. The van der Waals surface area contributed by atoms with Crippen molar-refractivity contribution in [3.8, 4) is 5.75 Å². The lowest BCUT2D eigenvalue weighted by Gasteiger charge is -2.27. The summed E-state index contributed by atoms with van der Waals surface area (Å²) in [4.78, 5) is 0.